The summed E-state index contributed by atoms with van der Waals surface area (Å²) in [6.07, 6.45) is -6.82. The summed E-state index contributed by atoms with van der Waals surface area (Å²) < 4.78 is 17.6. The summed E-state index contributed by atoms with van der Waals surface area (Å²) in [4.78, 5) is 41.8. The Morgan fingerprint density at radius 2 is 1.48 bits per heavy atom. The first-order valence-electron chi connectivity index (χ1n) is 28.7. The zero-order valence-corrected chi connectivity index (χ0v) is 48.7. The van der Waals surface area contributed by atoms with Gasteiger partial charge in [0.15, 0.2) is 11.7 Å². The SMILES string of the molecule is CN=C(N)NCCCCCC=C(C)CC(C)C1OC(=O)C(C)C(O)C=CC(C)C(O)CC(O)C(C)C(O)CCC(C)C(O)CC2(O)OC(CC(OC(=O)CC(=O)O)CC(O)CC(O)C(C)C(O)C(C)=CCCC1C)CC(O)C2O. The maximum atomic E-state index is 13.9. The molecule has 2 aliphatic heterocycles. The van der Waals surface area contributed by atoms with Gasteiger partial charge in [0.05, 0.1) is 67.0 Å². The van der Waals surface area contributed by atoms with E-state index in [1.807, 2.05) is 26.8 Å². The van der Waals surface area contributed by atoms with Crippen molar-refractivity contribution in [3.05, 3.63) is 35.5 Å². The third kappa shape index (κ3) is 25.2. The number of carbonyl (C=O) groups is 3. The molecular formula is C58H103N3O18. The van der Waals surface area contributed by atoms with Gasteiger partial charge in [-0.2, -0.15) is 0 Å². The van der Waals surface area contributed by atoms with E-state index in [1.54, 1.807) is 54.7 Å². The average Bonchev–Trinajstić information content (AvgIpc) is 3.39. The van der Waals surface area contributed by atoms with Gasteiger partial charge in [-0.1, -0.05) is 77.8 Å². The van der Waals surface area contributed by atoms with Crippen molar-refractivity contribution in [2.45, 2.75) is 250 Å². The second-order valence-corrected chi connectivity index (χ2v) is 23.4. The number of carboxylic acids is 1. The lowest BCUT2D eigenvalue weighted by Crippen LogP contribution is -2.60. The Kier molecular flexibility index (Phi) is 32.1. The van der Waals surface area contributed by atoms with Crippen LogP contribution in [0.15, 0.2) is 40.4 Å². The van der Waals surface area contributed by atoms with Crippen LogP contribution in [-0.2, 0) is 28.6 Å². The molecule has 0 radical (unpaired) electrons. The highest BCUT2D eigenvalue weighted by molar-refractivity contribution is 5.90. The number of hydrogen-bond donors (Lipinski definition) is 14. The largest absolute Gasteiger partial charge is 0.481 e. The Labute approximate surface area is 469 Å². The van der Waals surface area contributed by atoms with Gasteiger partial charge >= 0.3 is 17.9 Å². The molecule has 0 aromatic rings. The van der Waals surface area contributed by atoms with Crippen LogP contribution in [0.4, 0.5) is 0 Å². The summed E-state index contributed by atoms with van der Waals surface area (Å²) >= 11 is 0. The molecule has 1 fully saturated rings. The van der Waals surface area contributed by atoms with Crippen LogP contribution in [-0.4, -0.2) is 184 Å². The molecule has 0 aromatic carbocycles. The van der Waals surface area contributed by atoms with Crippen molar-refractivity contribution in [2.24, 2.45) is 52.2 Å². The molecule has 458 valence electrons. The van der Waals surface area contributed by atoms with E-state index in [0.717, 1.165) is 37.8 Å². The molecule has 0 saturated carbocycles. The molecule has 0 aromatic heterocycles. The first-order chi connectivity index (χ1) is 36.9. The quantitative estimate of drug-likeness (QED) is 0.0333. The van der Waals surface area contributed by atoms with E-state index < -0.39 is 145 Å². The number of nitrogens with zero attached hydrogens (tertiary/aromatic N) is 1. The van der Waals surface area contributed by atoms with Gasteiger partial charge in [-0.05, 0) is 102 Å². The Morgan fingerprint density at radius 3 is 2.13 bits per heavy atom. The van der Waals surface area contributed by atoms with Crippen molar-refractivity contribution < 1.29 is 89.9 Å². The first kappa shape index (κ1) is 71.5. The summed E-state index contributed by atoms with van der Waals surface area (Å²) in [5, 5.41) is 136. The fraction of sp³-hybridized carbons (Fsp3) is 0.828. The number of nitrogens with two attached hydrogens (primary N) is 1. The van der Waals surface area contributed by atoms with E-state index in [2.05, 4.69) is 16.4 Å². The van der Waals surface area contributed by atoms with Crippen LogP contribution < -0.4 is 11.1 Å². The number of ether oxygens (including phenoxy) is 3. The number of cyclic esters (lactones) is 1. The van der Waals surface area contributed by atoms with E-state index in [9.17, 15) is 75.7 Å². The van der Waals surface area contributed by atoms with Crippen LogP contribution in [0, 0.1) is 41.4 Å². The monoisotopic (exact) mass is 1130 g/mol. The number of carbonyl (C=O) groups excluding carboxylic acids is 2. The Bertz CT molecular complexity index is 1940. The lowest BCUT2D eigenvalue weighted by Gasteiger charge is -2.45. The van der Waals surface area contributed by atoms with Crippen LogP contribution in [0.2, 0.25) is 0 Å². The molecule has 2 aliphatic rings. The minimum absolute atomic E-state index is 0.0732. The van der Waals surface area contributed by atoms with Gasteiger partial charge in [0, 0.05) is 63.5 Å². The Morgan fingerprint density at radius 1 is 0.823 bits per heavy atom. The number of esters is 2. The molecule has 21 atom stereocenters. The highest BCUT2D eigenvalue weighted by Gasteiger charge is 2.50. The molecule has 21 unspecified atom stereocenters. The number of hydrogen-bond acceptors (Lipinski definition) is 18. The number of aliphatic hydroxyl groups is 11. The number of aliphatic hydroxyl groups excluding tert-OH is 10. The standard InChI is InChI=1S/C58H103N3O18/c1-32(16-13-11-12-14-23-61-57(59)60-10)24-37(6)54-36(5)18-15-17-35(4)53(73)39(8)47(66)26-41(62)25-42(77-52(72)30-51(70)71)27-43-28-49(68)55(74)58(76,79-43)31-50(69)34(3)20-21-44(63)38(7)48(67)29-46(65)33(2)19-22-45(64)40(9)56(75)78-54/h16-17,19,22,33-34,36-50,53-55,62-69,73-74,76H,11-15,18,20-21,23-31H2,1-10H3,(H,70,71)(H3,59,60,61). The predicted octanol–water partition coefficient (Wildman–Crippen LogP) is 3.28. The van der Waals surface area contributed by atoms with Crippen molar-refractivity contribution in [1.82, 2.24) is 5.32 Å². The highest BCUT2D eigenvalue weighted by Crippen LogP contribution is 2.37. The van der Waals surface area contributed by atoms with Crippen LogP contribution in [0.1, 0.15) is 165 Å². The highest BCUT2D eigenvalue weighted by atomic mass is 16.7. The van der Waals surface area contributed by atoms with Crippen LogP contribution in [0.25, 0.3) is 0 Å². The lowest BCUT2D eigenvalue weighted by molar-refractivity contribution is -0.333. The van der Waals surface area contributed by atoms with Crippen LogP contribution in [0.5, 0.6) is 0 Å². The van der Waals surface area contributed by atoms with Gasteiger partial charge in [0.1, 0.15) is 24.7 Å². The smallest absolute Gasteiger partial charge is 0.317 e. The summed E-state index contributed by atoms with van der Waals surface area (Å²) in [6, 6.07) is 0. The lowest BCUT2D eigenvalue weighted by atomic mass is 9.83. The van der Waals surface area contributed by atoms with Crippen molar-refractivity contribution in [1.29, 1.82) is 0 Å². The minimum Gasteiger partial charge on any atom is -0.481 e. The van der Waals surface area contributed by atoms with E-state index in [-0.39, 0.29) is 56.8 Å². The van der Waals surface area contributed by atoms with E-state index in [0.29, 0.717) is 30.8 Å². The molecule has 0 spiro atoms. The van der Waals surface area contributed by atoms with Gasteiger partial charge in [-0.25, -0.2) is 0 Å². The molecule has 2 bridgehead atoms. The number of unbranched alkanes of at least 4 members (excludes halogenated alkanes) is 3. The maximum Gasteiger partial charge on any atom is 0.317 e. The molecule has 1 saturated heterocycles. The first-order valence-corrected chi connectivity index (χ1v) is 28.7. The number of rotatable bonds is 12. The van der Waals surface area contributed by atoms with E-state index >= 15 is 0 Å². The predicted molar refractivity (Wildman–Crippen MR) is 298 cm³/mol. The molecule has 0 aliphatic carbocycles. The summed E-state index contributed by atoms with van der Waals surface area (Å²) in [5.74, 6) is -9.51. The van der Waals surface area contributed by atoms with Gasteiger partial charge < -0.3 is 86.5 Å². The van der Waals surface area contributed by atoms with Crippen molar-refractivity contribution >= 4 is 23.9 Å². The van der Waals surface area contributed by atoms with Gasteiger partial charge in [0.2, 0.25) is 0 Å². The summed E-state index contributed by atoms with van der Waals surface area (Å²) in [7, 11) is 1.63. The minimum atomic E-state index is -2.54. The third-order valence-corrected chi connectivity index (χ3v) is 16.3. The number of carboxylic acid groups (broad SMARTS) is 1. The third-order valence-electron chi connectivity index (χ3n) is 16.3. The Balaban J connectivity index is 2.47. The van der Waals surface area contributed by atoms with E-state index in [1.165, 1.54) is 6.08 Å². The summed E-state index contributed by atoms with van der Waals surface area (Å²) in [6.45, 7) is 16.6. The molecule has 79 heavy (non-hydrogen) atoms. The molecular weight excluding hydrogens is 1030 g/mol. The van der Waals surface area contributed by atoms with Crippen molar-refractivity contribution in [3.63, 3.8) is 0 Å². The van der Waals surface area contributed by atoms with E-state index in [4.69, 9.17) is 19.9 Å². The number of allylic oxidation sites excluding steroid dienone is 3. The van der Waals surface area contributed by atoms with Crippen LogP contribution in [0.3, 0.4) is 0 Å². The fourth-order valence-corrected chi connectivity index (χ4v) is 10.5. The molecule has 15 N–H and O–H groups in total. The number of aliphatic carboxylic acids is 1. The number of guanidine groups is 1. The topological polar surface area (TPSA) is 372 Å². The molecule has 2 rings (SSSR count). The maximum absolute atomic E-state index is 13.9. The summed E-state index contributed by atoms with van der Waals surface area (Å²) in [5.41, 5.74) is 7.39. The van der Waals surface area contributed by atoms with Crippen molar-refractivity contribution in [2.75, 3.05) is 13.6 Å². The molecule has 21 heteroatoms. The normalized spacial score (nSPS) is 38.1. The Hall–Kier alpha value is -3.58. The molecule has 2 heterocycles. The second-order valence-electron chi connectivity index (χ2n) is 23.4. The van der Waals surface area contributed by atoms with Gasteiger partial charge in [-0.3, -0.25) is 19.4 Å². The molecule has 21 nitrogen and oxygen atoms in total. The average molecular weight is 1130 g/mol. The van der Waals surface area contributed by atoms with Gasteiger partial charge in [0.25, 0.3) is 0 Å². The molecule has 0 amide bonds. The second kappa shape index (κ2) is 35.4. The number of nitrogens with one attached hydrogen (secondary N) is 1. The van der Waals surface area contributed by atoms with Crippen molar-refractivity contribution in [3.8, 4) is 0 Å². The number of fused-ring (bicyclic) bond motifs is 2. The fourth-order valence-electron chi connectivity index (χ4n) is 10.5. The van der Waals surface area contributed by atoms with Crippen LogP contribution >= 0.6 is 0 Å². The zero-order chi connectivity index (χ0) is 59.9. The zero-order valence-electron chi connectivity index (χ0n) is 48.7. The number of aliphatic imine (C=N–C) groups is 1. The van der Waals surface area contributed by atoms with Gasteiger partial charge in [-0.15, -0.1) is 0 Å².